The van der Waals surface area contributed by atoms with Gasteiger partial charge in [0.25, 0.3) is 5.56 Å². The minimum absolute atomic E-state index is 0.134. The monoisotopic (exact) mass is 495 g/mol. The highest BCUT2D eigenvalue weighted by atomic mass is 79.9. The van der Waals surface area contributed by atoms with Gasteiger partial charge in [-0.3, -0.25) is 14.2 Å². The van der Waals surface area contributed by atoms with Gasteiger partial charge in [-0.2, -0.15) is 0 Å². The first-order valence-electron chi connectivity index (χ1n) is 8.85. The van der Waals surface area contributed by atoms with Gasteiger partial charge < -0.3 is 10.1 Å². The van der Waals surface area contributed by atoms with Gasteiger partial charge in [-0.15, -0.1) is 0 Å². The highest BCUT2D eigenvalue weighted by molar-refractivity contribution is 9.10. The molecule has 0 aliphatic heterocycles. The normalized spacial score (nSPS) is 12.0. The molecule has 0 saturated heterocycles. The highest BCUT2D eigenvalue weighted by Crippen LogP contribution is 2.29. The Balaban J connectivity index is 1.88. The molecular formula is C20H19BrClN3O3S. The van der Waals surface area contributed by atoms with E-state index < -0.39 is 5.25 Å². The molecule has 29 heavy (non-hydrogen) atoms. The van der Waals surface area contributed by atoms with E-state index in [-0.39, 0.29) is 11.5 Å². The number of hydrogen-bond donors (Lipinski definition) is 1. The maximum absolute atomic E-state index is 12.9. The van der Waals surface area contributed by atoms with Crippen molar-refractivity contribution in [3.05, 3.63) is 56.2 Å². The van der Waals surface area contributed by atoms with Crippen LogP contribution in [0.15, 0.2) is 50.8 Å². The third-order valence-corrected chi connectivity index (χ3v) is 6.09. The second kappa shape index (κ2) is 9.19. The van der Waals surface area contributed by atoms with Crippen LogP contribution in [0.3, 0.4) is 0 Å². The van der Waals surface area contributed by atoms with Gasteiger partial charge in [0, 0.05) is 16.0 Å². The standard InChI is InChI=1S/C20H19BrClN3O3S/c1-4-25-19(27)14-9-12(21)5-7-15(14)24-20(25)29-11(2)18(26)23-16-10-13(22)6-8-17(16)28-3/h5-11H,4H2,1-3H3,(H,23,26). The summed E-state index contributed by atoms with van der Waals surface area (Å²) in [4.78, 5) is 30.2. The smallest absolute Gasteiger partial charge is 0.262 e. The predicted octanol–water partition coefficient (Wildman–Crippen LogP) is 4.96. The van der Waals surface area contributed by atoms with Crippen LogP contribution in [-0.4, -0.2) is 27.8 Å². The molecule has 1 N–H and O–H groups in total. The molecule has 1 atom stereocenters. The lowest BCUT2D eigenvalue weighted by atomic mass is 10.2. The van der Waals surface area contributed by atoms with Gasteiger partial charge in [-0.1, -0.05) is 39.3 Å². The number of thioether (sulfide) groups is 1. The first-order chi connectivity index (χ1) is 13.8. The van der Waals surface area contributed by atoms with Crippen LogP contribution in [-0.2, 0) is 11.3 Å². The van der Waals surface area contributed by atoms with Crippen molar-refractivity contribution in [3.8, 4) is 5.75 Å². The fourth-order valence-corrected chi connectivity index (χ4v) is 4.27. The quantitative estimate of drug-likeness (QED) is 0.386. The van der Waals surface area contributed by atoms with Crippen LogP contribution in [0.1, 0.15) is 13.8 Å². The lowest BCUT2D eigenvalue weighted by Crippen LogP contribution is -2.26. The summed E-state index contributed by atoms with van der Waals surface area (Å²) in [6, 6.07) is 10.4. The summed E-state index contributed by atoms with van der Waals surface area (Å²) in [6.45, 7) is 4.08. The number of fused-ring (bicyclic) bond motifs is 1. The number of anilines is 1. The highest BCUT2D eigenvalue weighted by Gasteiger charge is 2.20. The zero-order chi connectivity index (χ0) is 21.1. The predicted molar refractivity (Wildman–Crippen MR) is 121 cm³/mol. The molecular weight excluding hydrogens is 478 g/mol. The summed E-state index contributed by atoms with van der Waals surface area (Å²) < 4.78 is 7.66. The number of benzene rings is 2. The number of ether oxygens (including phenoxy) is 1. The van der Waals surface area contributed by atoms with E-state index in [2.05, 4.69) is 26.2 Å². The van der Waals surface area contributed by atoms with Crippen molar-refractivity contribution in [1.82, 2.24) is 9.55 Å². The van der Waals surface area contributed by atoms with Gasteiger partial charge in [0.15, 0.2) is 5.16 Å². The van der Waals surface area contributed by atoms with Crippen LogP contribution in [0.25, 0.3) is 10.9 Å². The molecule has 0 aliphatic rings. The fourth-order valence-electron chi connectivity index (χ4n) is 2.77. The number of rotatable bonds is 6. The van der Waals surface area contributed by atoms with Crippen LogP contribution in [0.2, 0.25) is 5.02 Å². The molecule has 1 heterocycles. The van der Waals surface area contributed by atoms with Crippen molar-refractivity contribution < 1.29 is 9.53 Å². The number of amides is 1. The molecule has 0 saturated carbocycles. The third-order valence-electron chi connectivity index (χ3n) is 4.27. The average molecular weight is 497 g/mol. The number of aromatic nitrogens is 2. The molecule has 0 spiro atoms. The van der Waals surface area contributed by atoms with E-state index in [4.69, 9.17) is 16.3 Å². The molecule has 1 aromatic heterocycles. The average Bonchev–Trinajstić information content (AvgIpc) is 2.69. The van der Waals surface area contributed by atoms with Crippen molar-refractivity contribution in [2.75, 3.05) is 12.4 Å². The summed E-state index contributed by atoms with van der Waals surface area (Å²) in [5.74, 6) is 0.267. The molecule has 1 unspecified atom stereocenters. The van der Waals surface area contributed by atoms with Crippen LogP contribution < -0.4 is 15.6 Å². The number of nitrogens with zero attached hydrogens (tertiary/aromatic N) is 2. The summed E-state index contributed by atoms with van der Waals surface area (Å²) >= 11 is 10.6. The van der Waals surface area contributed by atoms with E-state index >= 15 is 0 Å². The second-order valence-corrected chi connectivity index (χ2v) is 8.86. The molecule has 6 nitrogen and oxygen atoms in total. The molecule has 3 rings (SSSR count). The Bertz CT molecular complexity index is 1140. The van der Waals surface area contributed by atoms with Gasteiger partial charge in [0.2, 0.25) is 5.91 Å². The van der Waals surface area contributed by atoms with E-state index in [1.807, 2.05) is 13.0 Å². The van der Waals surface area contributed by atoms with E-state index in [0.717, 1.165) is 4.47 Å². The molecule has 0 bridgehead atoms. The van der Waals surface area contributed by atoms with Gasteiger partial charge >= 0.3 is 0 Å². The zero-order valence-electron chi connectivity index (χ0n) is 16.0. The van der Waals surface area contributed by atoms with E-state index in [1.165, 1.54) is 18.9 Å². The molecule has 2 aromatic carbocycles. The molecule has 152 valence electrons. The molecule has 0 aliphatic carbocycles. The topological polar surface area (TPSA) is 73.2 Å². The SMILES string of the molecule is CCn1c(SC(C)C(=O)Nc2cc(Cl)ccc2OC)nc2ccc(Br)cc2c1=O. The Morgan fingerprint density at radius 3 is 2.79 bits per heavy atom. The van der Waals surface area contributed by atoms with Crippen molar-refractivity contribution in [3.63, 3.8) is 0 Å². The first kappa shape index (κ1) is 21.7. The minimum Gasteiger partial charge on any atom is -0.495 e. The van der Waals surface area contributed by atoms with Crippen LogP contribution in [0, 0.1) is 0 Å². The number of hydrogen-bond acceptors (Lipinski definition) is 5. The molecule has 0 fully saturated rings. The Morgan fingerprint density at radius 1 is 1.34 bits per heavy atom. The maximum Gasteiger partial charge on any atom is 0.262 e. The van der Waals surface area contributed by atoms with Gasteiger partial charge in [-0.25, -0.2) is 4.98 Å². The summed E-state index contributed by atoms with van der Waals surface area (Å²) in [6.07, 6.45) is 0. The molecule has 1 amide bonds. The van der Waals surface area contributed by atoms with Crippen molar-refractivity contribution in [1.29, 1.82) is 0 Å². The number of carbonyl (C=O) groups is 1. The molecule has 3 aromatic rings. The van der Waals surface area contributed by atoms with E-state index in [0.29, 0.717) is 39.1 Å². The second-order valence-electron chi connectivity index (χ2n) is 6.20. The zero-order valence-corrected chi connectivity index (χ0v) is 19.2. The Morgan fingerprint density at radius 2 is 2.10 bits per heavy atom. The Labute approximate surface area is 185 Å². The van der Waals surface area contributed by atoms with Crippen molar-refractivity contribution >= 4 is 61.8 Å². The number of methoxy groups -OCH3 is 1. The van der Waals surface area contributed by atoms with Crippen LogP contribution in [0.4, 0.5) is 5.69 Å². The van der Waals surface area contributed by atoms with Gasteiger partial charge in [-0.05, 0) is 50.2 Å². The van der Waals surface area contributed by atoms with Crippen LogP contribution in [0.5, 0.6) is 5.75 Å². The lowest BCUT2D eigenvalue weighted by Gasteiger charge is -2.16. The van der Waals surface area contributed by atoms with Crippen molar-refractivity contribution in [2.45, 2.75) is 30.8 Å². The number of nitrogens with one attached hydrogen (secondary N) is 1. The van der Waals surface area contributed by atoms with E-state index in [9.17, 15) is 9.59 Å². The lowest BCUT2D eigenvalue weighted by molar-refractivity contribution is -0.115. The summed E-state index contributed by atoms with van der Waals surface area (Å²) in [7, 11) is 1.52. The number of carbonyl (C=O) groups excluding carboxylic acids is 1. The summed E-state index contributed by atoms with van der Waals surface area (Å²) in [5, 5.41) is 3.84. The largest absolute Gasteiger partial charge is 0.495 e. The van der Waals surface area contributed by atoms with Crippen molar-refractivity contribution in [2.24, 2.45) is 0 Å². The Kier molecular flexibility index (Phi) is 6.87. The summed E-state index contributed by atoms with van der Waals surface area (Å²) in [5.41, 5.74) is 0.946. The van der Waals surface area contributed by atoms with Gasteiger partial charge in [0.05, 0.1) is 29.0 Å². The van der Waals surface area contributed by atoms with E-state index in [1.54, 1.807) is 41.8 Å². The first-order valence-corrected chi connectivity index (χ1v) is 10.9. The van der Waals surface area contributed by atoms with Gasteiger partial charge in [0.1, 0.15) is 5.75 Å². The Hall–Kier alpha value is -2.03. The molecule has 9 heteroatoms. The minimum atomic E-state index is -0.503. The maximum atomic E-state index is 12.9. The molecule has 0 radical (unpaired) electrons. The third kappa shape index (κ3) is 4.76. The fraction of sp³-hybridized carbons (Fsp3) is 0.250. The van der Waals surface area contributed by atoms with Crippen LogP contribution >= 0.6 is 39.3 Å². The number of halogens is 2.